The zero-order valence-corrected chi connectivity index (χ0v) is 12.9. The summed E-state index contributed by atoms with van der Waals surface area (Å²) in [4.78, 5) is 23.1. The predicted octanol–water partition coefficient (Wildman–Crippen LogP) is 3.14. The van der Waals surface area contributed by atoms with Crippen LogP contribution in [0.2, 0.25) is 0 Å². The number of benzene rings is 2. The van der Waals surface area contributed by atoms with Crippen LogP contribution in [0, 0.1) is 0 Å². The Morgan fingerprint density at radius 2 is 1.65 bits per heavy atom. The molecular formula is C17H18N2O4. The smallest absolute Gasteiger partial charge is 0.322 e. The quantitative estimate of drug-likeness (QED) is 0.584. The van der Waals surface area contributed by atoms with E-state index in [-0.39, 0.29) is 11.5 Å². The van der Waals surface area contributed by atoms with E-state index in [1.807, 2.05) is 0 Å². The summed E-state index contributed by atoms with van der Waals surface area (Å²) in [7, 11) is 0. The van der Waals surface area contributed by atoms with E-state index < -0.39 is 12.3 Å². The van der Waals surface area contributed by atoms with Crippen LogP contribution in [0.5, 0.6) is 11.5 Å². The maximum Gasteiger partial charge on any atom is 0.322 e. The van der Waals surface area contributed by atoms with Crippen molar-refractivity contribution in [1.82, 2.24) is 5.32 Å². The second-order valence-corrected chi connectivity index (χ2v) is 4.99. The van der Waals surface area contributed by atoms with Gasteiger partial charge < -0.3 is 20.5 Å². The standard InChI is InChI=1S/C17H18N2O4/c1-11(20)13-3-5-14(6-4-13)19-17(22)18-12(2)23-16-9-7-15(21)8-10-16/h3-10,12,21H,1-2H3,(H2,18,19,22). The van der Waals surface area contributed by atoms with E-state index >= 15 is 0 Å². The van der Waals surface area contributed by atoms with Crippen LogP contribution < -0.4 is 15.4 Å². The number of ketones is 1. The summed E-state index contributed by atoms with van der Waals surface area (Å²) in [5.41, 5.74) is 1.16. The van der Waals surface area contributed by atoms with Crippen molar-refractivity contribution in [2.75, 3.05) is 5.32 Å². The monoisotopic (exact) mass is 314 g/mol. The maximum absolute atomic E-state index is 11.9. The van der Waals surface area contributed by atoms with Crippen molar-refractivity contribution < 1.29 is 19.4 Å². The molecule has 0 saturated heterocycles. The molecule has 0 bridgehead atoms. The molecule has 2 amide bonds. The fraction of sp³-hybridized carbons (Fsp3) is 0.176. The van der Waals surface area contributed by atoms with E-state index in [9.17, 15) is 14.7 Å². The van der Waals surface area contributed by atoms with Crippen molar-refractivity contribution >= 4 is 17.5 Å². The number of rotatable bonds is 5. The molecule has 1 unspecified atom stereocenters. The predicted molar refractivity (Wildman–Crippen MR) is 86.8 cm³/mol. The van der Waals surface area contributed by atoms with Crippen LogP contribution in [0.3, 0.4) is 0 Å². The van der Waals surface area contributed by atoms with Crippen LogP contribution in [0.15, 0.2) is 48.5 Å². The van der Waals surface area contributed by atoms with Crippen molar-refractivity contribution in [1.29, 1.82) is 0 Å². The second kappa shape index (κ2) is 7.31. The largest absolute Gasteiger partial charge is 0.508 e. The lowest BCUT2D eigenvalue weighted by molar-refractivity contribution is 0.101. The Morgan fingerprint density at radius 1 is 1.04 bits per heavy atom. The van der Waals surface area contributed by atoms with Gasteiger partial charge in [-0.3, -0.25) is 4.79 Å². The third kappa shape index (κ3) is 5.03. The van der Waals surface area contributed by atoms with Gasteiger partial charge in [0.25, 0.3) is 0 Å². The SMILES string of the molecule is CC(=O)c1ccc(NC(=O)NC(C)Oc2ccc(O)cc2)cc1. The number of Topliss-reactive ketones (excluding diaryl/α,β-unsaturated/α-hetero) is 1. The van der Waals surface area contributed by atoms with E-state index in [0.29, 0.717) is 17.0 Å². The molecule has 3 N–H and O–H groups in total. The summed E-state index contributed by atoms with van der Waals surface area (Å²) < 4.78 is 5.50. The van der Waals surface area contributed by atoms with Crippen molar-refractivity contribution in [2.45, 2.75) is 20.1 Å². The highest BCUT2D eigenvalue weighted by Gasteiger charge is 2.09. The molecule has 0 spiro atoms. The molecule has 23 heavy (non-hydrogen) atoms. The molecule has 1 atom stereocenters. The number of amides is 2. The van der Waals surface area contributed by atoms with E-state index in [1.54, 1.807) is 43.3 Å². The number of carbonyl (C=O) groups excluding carboxylic acids is 2. The number of nitrogens with one attached hydrogen (secondary N) is 2. The molecule has 0 aliphatic carbocycles. The van der Waals surface area contributed by atoms with Crippen molar-refractivity contribution in [2.24, 2.45) is 0 Å². The Bertz CT molecular complexity index is 681. The molecule has 2 rings (SSSR count). The summed E-state index contributed by atoms with van der Waals surface area (Å²) in [6.45, 7) is 3.17. The third-order valence-corrected chi connectivity index (χ3v) is 3.03. The Labute approximate surface area is 134 Å². The first-order valence-electron chi connectivity index (χ1n) is 7.08. The average molecular weight is 314 g/mol. The Morgan fingerprint density at radius 3 is 2.22 bits per heavy atom. The van der Waals surface area contributed by atoms with E-state index in [1.165, 1.54) is 19.1 Å². The molecule has 6 heteroatoms. The summed E-state index contributed by atoms with van der Waals surface area (Å²) in [6, 6.07) is 12.4. The van der Waals surface area contributed by atoms with Gasteiger partial charge in [0.05, 0.1) is 0 Å². The first-order valence-corrected chi connectivity index (χ1v) is 7.08. The Hall–Kier alpha value is -3.02. The molecule has 2 aromatic carbocycles. The zero-order valence-electron chi connectivity index (χ0n) is 12.9. The zero-order chi connectivity index (χ0) is 16.8. The molecule has 2 aromatic rings. The molecule has 0 radical (unpaired) electrons. The normalized spacial score (nSPS) is 11.4. The van der Waals surface area contributed by atoms with Gasteiger partial charge in [-0.2, -0.15) is 0 Å². The van der Waals surface area contributed by atoms with Gasteiger partial charge in [-0.15, -0.1) is 0 Å². The molecule has 0 aromatic heterocycles. The van der Waals surface area contributed by atoms with Crippen molar-refractivity contribution in [3.8, 4) is 11.5 Å². The molecule has 6 nitrogen and oxygen atoms in total. The Kier molecular flexibility index (Phi) is 5.19. The van der Waals surface area contributed by atoms with Crippen LogP contribution in [-0.2, 0) is 0 Å². The minimum absolute atomic E-state index is 0.0306. The van der Waals surface area contributed by atoms with Crippen molar-refractivity contribution in [3.05, 3.63) is 54.1 Å². The number of anilines is 1. The van der Waals surface area contributed by atoms with Gasteiger partial charge in [-0.05, 0) is 62.4 Å². The summed E-state index contributed by atoms with van der Waals surface area (Å²) in [5.74, 6) is 0.642. The topological polar surface area (TPSA) is 87.7 Å². The van der Waals surface area contributed by atoms with Crippen LogP contribution in [-0.4, -0.2) is 23.1 Å². The van der Waals surface area contributed by atoms with Gasteiger partial charge in [-0.25, -0.2) is 4.79 Å². The lowest BCUT2D eigenvalue weighted by Crippen LogP contribution is -2.39. The average Bonchev–Trinajstić information content (AvgIpc) is 2.50. The Balaban J connectivity index is 1.86. The lowest BCUT2D eigenvalue weighted by Gasteiger charge is -2.16. The van der Waals surface area contributed by atoms with E-state index in [2.05, 4.69) is 10.6 Å². The highest BCUT2D eigenvalue weighted by Crippen LogP contribution is 2.16. The van der Waals surface area contributed by atoms with E-state index in [4.69, 9.17) is 4.74 Å². The number of ether oxygens (including phenoxy) is 1. The van der Waals surface area contributed by atoms with Gasteiger partial charge in [0.15, 0.2) is 12.0 Å². The van der Waals surface area contributed by atoms with Crippen LogP contribution in [0.1, 0.15) is 24.2 Å². The maximum atomic E-state index is 11.9. The summed E-state index contributed by atoms with van der Waals surface area (Å²) >= 11 is 0. The van der Waals surface area contributed by atoms with Gasteiger partial charge >= 0.3 is 6.03 Å². The number of urea groups is 1. The second-order valence-electron chi connectivity index (χ2n) is 4.99. The van der Waals surface area contributed by atoms with Gasteiger partial charge in [0.1, 0.15) is 11.5 Å². The number of hydrogen-bond donors (Lipinski definition) is 3. The third-order valence-electron chi connectivity index (χ3n) is 3.03. The minimum Gasteiger partial charge on any atom is -0.508 e. The lowest BCUT2D eigenvalue weighted by atomic mass is 10.1. The fourth-order valence-corrected chi connectivity index (χ4v) is 1.90. The summed E-state index contributed by atoms with van der Waals surface area (Å²) in [5, 5.41) is 14.5. The highest BCUT2D eigenvalue weighted by molar-refractivity contribution is 5.95. The van der Waals surface area contributed by atoms with Crippen LogP contribution in [0.4, 0.5) is 10.5 Å². The number of aromatic hydroxyl groups is 1. The number of carbonyl (C=O) groups is 2. The number of phenolic OH excluding ortho intramolecular Hbond substituents is 1. The molecule has 0 fully saturated rings. The first-order chi connectivity index (χ1) is 10.9. The molecule has 120 valence electrons. The fourth-order valence-electron chi connectivity index (χ4n) is 1.90. The minimum atomic E-state index is -0.559. The molecule has 0 heterocycles. The van der Waals surface area contributed by atoms with E-state index in [0.717, 1.165) is 0 Å². The number of hydrogen-bond acceptors (Lipinski definition) is 4. The molecule has 0 aliphatic rings. The van der Waals surface area contributed by atoms with Gasteiger partial charge in [-0.1, -0.05) is 0 Å². The van der Waals surface area contributed by atoms with Crippen LogP contribution in [0.25, 0.3) is 0 Å². The van der Waals surface area contributed by atoms with Gasteiger partial charge in [0, 0.05) is 11.3 Å². The van der Waals surface area contributed by atoms with Crippen LogP contribution >= 0.6 is 0 Å². The highest BCUT2D eigenvalue weighted by atomic mass is 16.5. The summed E-state index contributed by atoms with van der Waals surface area (Å²) in [6.07, 6.45) is -0.559. The molecular weight excluding hydrogens is 296 g/mol. The van der Waals surface area contributed by atoms with Gasteiger partial charge in [0.2, 0.25) is 0 Å². The molecule has 0 aliphatic heterocycles. The first kappa shape index (κ1) is 16.4. The number of phenols is 1. The van der Waals surface area contributed by atoms with Crippen molar-refractivity contribution in [3.63, 3.8) is 0 Å². The molecule has 0 saturated carbocycles.